The van der Waals surface area contributed by atoms with Crippen molar-refractivity contribution in [3.8, 4) is 11.5 Å². The van der Waals surface area contributed by atoms with E-state index >= 15 is 0 Å². The molecule has 1 N–H and O–H groups in total. The standard InChI is InChI=1S/C27H29NO4/c1-18-5-12-22(13-6-18)26(29)28-20(3)9-10-21-11-16-24(25(17-21)31-4)32-27(30)23-14-7-19(2)8-15-23/h5-8,11-17,20H,9-10H2,1-4H3,(H,28,29)/t20-/m1/s1. The summed E-state index contributed by atoms with van der Waals surface area (Å²) in [6.07, 6.45) is 1.52. The molecule has 0 aromatic heterocycles. The first-order valence-corrected chi connectivity index (χ1v) is 10.7. The fourth-order valence-electron chi connectivity index (χ4n) is 3.27. The van der Waals surface area contributed by atoms with Crippen LogP contribution in [0.2, 0.25) is 0 Å². The number of amides is 1. The van der Waals surface area contributed by atoms with Gasteiger partial charge in [-0.05, 0) is 75.6 Å². The van der Waals surface area contributed by atoms with E-state index in [1.165, 1.54) is 0 Å². The molecule has 0 aliphatic carbocycles. The largest absolute Gasteiger partial charge is 0.493 e. The predicted molar refractivity (Wildman–Crippen MR) is 126 cm³/mol. The van der Waals surface area contributed by atoms with E-state index in [0.717, 1.165) is 29.5 Å². The van der Waals surface area contributed by atoms with E-state index in [4.69, 9.17) is 9.47 Å². The highest BCUT2D eigenvalue weighted by atomic mass is 16.6. The number of aryl methyl sites for hydroxylation is 3. The van der Waals surface area contributed by atoms with Crippen molar-refractivity contribution >= 4 is 11.9 Å². The minimum absolute atomic E-state index is 0.00818. The number of hydrogen-bond donors (Lipinski definition) is 1. The number of methoxy groups -OCH3 is 1. The molecule has 5 nitrogen and oxygen atoms in total. The molecule has 32 heavy (non-hydrogen) atoms. The summed E-state index contributed by atoms with van der Waals surface area (Å²) in [6.45, 7) is 5.94. The summed E-state index contributed by atoms with van der Waals surface area (Å²) >= 11 is 0. The van der Waals surface area contributed by atoms with Gasteiger partial charge in [0.05, 0.1) is 12.7 Å². The average Bonchev–Trinajstić information content (AvgIpc) is 2.79. The van der Waals surface area contributed by atoms with Gasteiger partial charge in [-0.3, -0.25) is 4.79 Å². The summed E-state index contributed by atoms with van der Waals surface area (Å²) < 4.78 is 11.0. The van der Waals surface area contributed by atoms with E-state index in [1.807, 2.05) is 69.3 Å². The zero-order valence-corrected chi connectivity index (χ0v) is 19.0. The minimum atomic E-state index is -0.427. The van der Waals surface area contributed by atoms with Gasteiger partial charge < -0.3 is 14.8 Å². The fraction of sp³-hybridized carbons (Fsp3) is 0.259. The van der Waals surface area contributed by atoms with E-state index in [2.05, 4.69) is 5.32 Å². The Hall–Kier alpha value is -3.60. The maximum absolute atomic E-state index is 12.4. The fourth-order valence-corrected chi connectivity index (χ4v) is 3.27. The van der Waals surface area contributed by atoms with Crippen LogP contribution in [-0.4, -0.2) is 25.0 Å². The van der Waals surface area contributed by atoms with Crippen LogP contribution in [0.1, 0.15) is 50.8 Å². The van der Waals surface area contributed by atoms with E-state index < -0.39 is 5.97 Å². The van der Waals surface area contributed by atoms with Gasteiger partial charge in [-0.1, -0.05) is 41.5 Å². The van der Waals surface area contributed by atoms with Crippen molar-refractivity contribution in [3.05, 3.63) is 94.5 Å². The first-order chi connectivity index (χ1) is 15.4. The Balaban J connectivity index is 1.57. The minimum Gasteiger partial charge on any atom is -0.493 e. The molecular weight excluding hydrogens is 402 g/mol. The highest BCUT2D eigenvalue weighted by Gasteiger charge is 2.14. The molecule has 0 bridgehead atoms. The van der Waals surface area contributed by atoms with E-state index in [0.29, 0.717) is 22.6 Å². The summed E-state index contributed by atoms with van der Waals surface area (Å²) in [5, 5.41) is 3.03. The van der Waals surface area contributed by atoms with Crippen LogP contribution >= 0.6 is 0 Å². The van der Waals surface area contributed by atoms with Gasteiger partial charge in [0.25, 0.3) is 5.91 Å². The molecule has 5 heteroatoms. The Bertz CT molecular complexity index is 1070. The lowest BCUT2D eigenvalue weighted by Crippen LogP contribution is -2.32. The van der Waals surface area contributed by atoms with Crippen LogP contribution in [0.4, 0.5) is 0 Å². The molecule has 0 unspecified atom stereocenters. The number of rotatable bonds is 8. The summed E-state index contributed by atoms with van der Waals surface area (Å²) in [6, 6.07) is 20.3. The molecule has 0 aliphatic rings. The zero-order chi connectivity index (χ0) is 23.1. The number of carbonyl (C=O) groups is 2. The third kappa shape index (κ3) is 6.20. The van der Waals surface area contributed by atoms with Crippen LogP contribution in [0.25, 0.3) is 0 Å². The number of carbonyl (C=O) groups excluding carboxylic acids is 2. The lowest BCUT2D eigenvalue weighted by Gasteiger charge is -2.15. The molecule has 3 rings (SSSR count). The van der Waals surface area contributed by atoms with Crippen molar-refractivity contribution < 1.29 is 19.1 Å². The summed E-state index contributed by atoms with van der Waals surface area (Å²) in [5.74, 6) is 0.374. The molecule has 0 fully saturated rings. The second-order valence-corrected chi connectivity index (χ2v) is 8.02. The predicted octanol–water partition coefficient (Wildman–Crippen LogP) is 5.28. The molecule has 1 atom stereocenters. The second kappa shape index (κ2) is 10.6. The van der Waals surface area contributed by atoms with Gasteiger partial charge in [-0.2, -0.15) is 0 Å². The highest BCUT2D eigenvalue weighted by Crippen LogP contribution is 2.29. The smallest absolute Gasteiger partial charge is 0.343 e. The van der Waals surface area contributed by atoms with Gasteiger partial charge in [-0.25, -0.2) is 4.79 Å². The normalized spacial score (nSPS) is 11.5. The summed E-state index contributed by atoms with van der Waals surface area (Å²) in [4.78, 5) is 24.8. The van der Waals surface area contributed by atoms with Crippen molar-refractivity contribution in [1.82, 2.24) is 5.32 Å². The molecule has 166 valence electrons. The average molecular weight is 432 g/mol. The Morgan fingerprint density at radius 1 is 0.844 bits per heavy atom. The number of hydrogen-bond acceptors (Lipinski definition) is 4. The first-order valence-electron chi connectivity index (χ1n) is 10.7. The van der Waals surface area contributed by atoms with Crippen LogP contribution in [0.3, 0.4) is 0 Å². The van der Waals surface area contributed by atoms with Crippen LogP contribution in [-0.2, 0) is 6.42 Å². The third-order valence-electron chi connectivity index (χ3n) is 5.28. The monoisotopic (exact) mass is 431 g/mol. The molecule has 0 saturated carbocycles. The van der Waals surface area contributed by atoms with Crippen molar-refractivity contribution in [1.29, 1.82) is 0 Å². The van der Waals surface area contributed by atoms with E-state index in [-0.39, 0.29) is 11.9 Å². The second-order valence-electron chi connectivity index (χ2n) is 8.02. The molecule has 0 aliphatic heterocycles. The SMILES string of the molecule is COc1cc(CC[C@@H](C)NC(=O)c2ccc(C)cc2)ccc1OC(=O)c1ccc(C)cc1. The van der Waals surface area contributed by atoms with E-state index in [9.17, 15) is 9.59 Å². The highest BCUT2D eigenvalue weighted by molar-refractivity contribution is 5.94. The van der Waals surface area contributed by atoms with Crippen molar-refractivity contribution in [2.45, 2.75) is 39.7 Å². The third-order valence-corrected chi connectivity index (χ3v) is 5.28. The van der Waals surface area contributed by atoms with Gasteiger partial charge in [0.2, 0.25) is 0 Å². The number of ether oxygens (including phenoxy) is 2. The topological polar surface area (TPSA) is 64.6 Å². The number of benzene rings is 3. The molecule has 3 aromatic rings. The lowest BCUT2D eigenvalue weighted by molar-refractivity contribution is 0.0729. The number of esters is 1. The van der Waals surface area contributed by atoms with Crippen LogP contribution < -0.4 is 14.8 Å². The molecule has 0 radical (unpaired) electrons. The van der Waals surface area contributed by atoms with Crippen LogP contribution in [0, 0.1) is 13.8 Å². The van der Waals surface area contributed by atoms with Crippen LogP contribution in [0.5, 0.6) is 11.5 Å². The van der Waals surface area contributed by atoms with Gasteiger partial charge >= 0.3 is 5.97 Å². The Labute approximate surface area is 189 Å². The molecule has 0 saturated heterocycles. The van der Waals surface area contributed by atoms with Crippen LogP contribution in [0.15, 0.2) is 66.7 Å². The molecule has 1 amide bonds. The maximum Gasteiger partial charge on any atom is 0.343 e. The molecule has 3 aromatic carbocycles. The number of nitrogens with one attached hydrogen (secondary N) is 1. The molecule has 0 spiro atoms. The zero-order valence-electron chi connectivity index (χ0n) is 19.0. The van der Waals surface area contributed by atoms with Gasteiger partial charge in [-0.15, -0.1) is 0 Å². The van der Waals surface area contributed by atoms with Gasteiger partial charge in [0.15, 0.2) is 11.5 Å². The van der Waals surface area contributed by atoms with Gasteiger partial charge in [0.1, 0.15) is 0 Å². The van der Waals surface area contributed by atoms with Crippen molar-refractivity contribution in [2.75, 3.05) is 7.11 Å². The van der Waals surface area contributed by atoms with Gasteiger partial charge in [0, 0.05) is 11.6 Å². The Kier molecular flexibility index (Phi) is 7.66. The van der Waals surface area contributed by atoms with Crippen molar-refractivity contribution in [3.63, 3.8) is 0 Å². The summed E-state index contributed by atoms with van der Waals surface area (Å²) in [5.41, 5.74) is 4.38. The molecular formula is C27H29NO4. The summed E-state index contributed by atoms with van der Waals surface area (Å²) in [7, 11) is 1.55. The Morgan fingerprint density at radius 2 is 1.44 bits per heavy atom. The molecule has 0 heterocycles. The van der Waals surface area contributed by atoms with Crippen molar-refractivity contribution in [2.24, 2.45) is 0 Å². The van der Waals surface area contributed by atoms with E-state index in [1.54, 1.807) is 25.3 Å². The first kappa shape index (κ1) is 23.1. The Morgan fingerprint density at radius 3 is 2.03 bits per heavy atom. The lowest BCUT2D eigenvalue weighted by atomic mass is 10.0. The quantitative estimate of drug-likeness (QED) is 0.389. The maximum atomic E-state index is 12.4.